The molecule has 1 rings (SSSR count). The minimum atomic E-state index is 0.807. The highest BCUT2D eigenvalue weighted by molar-refractivity contribution is 7.98. The number of piperazine rings is 1. The van der Waals surface area contributed by atoms with Crippen LogP contribution in [0.2, 0.25) is 0 Å². The molecule has 1 unspecified atom stereocenters. The third-order valence-electron chi connectivity index (χ3n) is 2.50. The molecule has 0 amide bonds. The zero-order valence-corrected chi connectivity index (χ0v) is 8.99. The summed E-state index contributed by atoms with van der Waals surface area (Å²) in [7, 11) is 0. The highest BCUT2D eigenvalue weighted by Crippen LogP contribution is 2.10. The topological polar surface area (TPSA) is 15.3 Å². The Morgan fingerprint density at radius 2 is 2.08 bits per heavy atom. The Balaban J connectivity index is 2.29. The first-order valence-electron chi connectivity index (χ1n) is 4.82. The first kappa shape index (κ1) is 10.4. The lowest BCUT2D eigenvalue weighted by molar-refractivity contribution is 0.183. The molecule has 1 aliphatic rings. The van der Waals surface area contributed by atoms with E-state index in [1.54, 1.807) is 0 Å². The number of rotatable bonds is 4. The third-order valence-corrected chi connectivity index (χ3v) is 3.22. The molecule has 12 heavy (non-hydrogen) atoms. The van der Waals surface area contributed by atoms with Crippen molar-refractivity contribution in [2.45, 2.75) is 19.4 Å². The number of hydrogen-bond donors (Lipinski definition) is 1. The molecule has 0 spiro atoms. The monoisotopic (exact) mass is 188 g/mol. The first-order valence-corrected chi connectivity index (χ1v) is 6.21. The molecule has 1 atom stereocenters. The van der Waals surface area contributed by atoms with E-state index >= 15 is 0 Å². The van der Waals surface area contributed by atoms with Gasteiger partial charge in [-0.1, -0.05) is 6.92 Å². The Kier molecular flexibility index (Phi) is 5.04. The molecule has 1 saturated heterocycles. The summed E-state index contributed by atoms with van der Waals surface area (Å²) >= 11 is 1.97. The van der Waals surface area contributed by atoms with Crippen molar-refractivity contribution in [1.29, 1.82) is 0 Å². The van der Waals surface area contributed by atoms with Crippen LogP contribution in [0, 0.1) is 0 Å². The molecular weight excluding hydrogens is 168 g/mol. The van der Waals surface area contributed by atoms with Crippen molar-refractivity contribution in [2.24, 2.45) is 0 Å². The van der Waals surface area contributed by atoms with Crippen LogP contribution < -0.4 is 5.32 Å². The van der Waals surface area contributed by atoms with E-state index in [1.165, 1.54) is 38.4 Å². The minimum absolute atomic E-state index is 0.807. The fourth-order valence-electron chi connectivity index (χ4n) is 1.72. The Morgan fingerprint density at radius 3 is 2.58 bits per heavy atom. The van der Waals surface area contributed by atoms with Gasteiger partial charge in [0, 0.05) is 38.0 Å². The van der Waals surface area contributed by atoms with Gasteiger partial charge in [0.25, 0.3) is 0 Å². The summed E-state index contributed by atoms with van der Waals surface area (Å²) in [5.41, 5.74) is 0. The van der Waals surface area contributed by atoms with Crippen LogP contribution in [0.3, 0.4) is 0 Å². The van der Waals surface area contributed by atoms with Gasteiger partial charge >= 0.3 is 0 Å². The van der Waals surface area contributed by atoms with Crippen LogP contribution in [0.1, 0.15) is 13.3 Å². The van der Waals surface area contributed by atoms with Crippen molar-refractivity contribution in [2.75, 3.05) is 38.2 Å². The standard InChI is InChI=1S/C9H20N2S/c1-3-9(8-12-2)11-6-4-10-5-7-11/h9-10H,3-8H2,1-2H3. The lowest BCUT2D eigenvalue weighted by atomic mass is 10.2. The summed E-state index contributed by atoms with van der Waals surface area (Å²) in [4.78, 5) is 2.62. The molecule has 0 aromatic rings. The lowest BCUT2D eigenvalue weighted by Gasteiger charge is -2.34. The van der Waals surface area contributed by atoms with Gasteiger partial charge in [-0.05, 0) is 12.7 Å². The predicted octanol–water partition coefficient (Wildman–Crippen LogP) is 1.03. The highest BCUT2D eigenvalue weighted by atomic mass is 32.2. The van der Waals surface area contributed by atoms with Gasteiger partial charge in [-0.2, -0.15) is 11.8 Å². The molecular formula is C9H20N2S. The molecule has 3 heteroatoms. The van der Waals surface area contributed by atoms with Crippen molar-refractivity contribution < 1.29 is 0 Å². The molecule has 0 aliphatic carbocycles. The second-order valence-electron chi connectivity index (χ2n) is 3.30. The molecule has 0 radical (unpaired) electrons. The number of nitrogens with zero attached hydrogens (tertiary/aromatic N) is 1. The Morgan fingerprint density at radius 1 is 1.42 bits per heavy atom. The van der Waals surface area contributed by atoms with Crippen LogP contribution in [0.15, 0.2) is 0 Å². The molecule has 0 saturated carbocycles. The van der Waals surface area contributed by atoms with Crippen LogP contribution in [0.25, 0.3) is 0 Å². The van der Waals surface area contributed by atoms with Crippen LogP contribution >= 0.6 is 11.8 Å². The van der Waals surface area contributed by atoms with Gasteiger partial charge in [-0.3, -0.25) is 4.90 Å². The van der Waals surface area contributed by atoms with E-state index in [1.807, 2.05) is 11.8 Å². The van der Waals surface area contributed by atoms with Crippen molar-refractivity contribution in [1.82, 2.24) is 10.2 Å². The zero-order valence-electron chi connectivity index (χ0n) is 8.18. The van der Waals surface area contributed by atoms with Crippen LogP contribution in [0.5, 0.6) is 0 Å². The van der Waals surface area contributed by atoms with Gasteiger partial charge in [0.15, 0.2) is 0 Å². The molecule has 1 N–H and O–H groups in total. The van der Waals surface area contributed by atoms with Crippen molar-refractivity contribution in [3.05, 3.63) is 0 Å². The maximum absolute atomic E-state index is 3.39. The predicted molar refractivity (Wildman–Crippen MR) is 56.9 cm³/mol. The average molecular weight is 188 g/mol. The second kappa shape index (κ2) is 5.84. The minimum Gasteiger partial charge on any atom is -0.314 e. The van der Waals surface area contributed by atoms with Crippen molar-refractivity contribution in [3.8, 4) is 0 Å². The van der Waals surface area contributed by atoms with E-state index in [-0.39, 0.29) is 0 Å². The number of hydrogen-bond acceptors (Lipinski definition) is 3. The molecule has 2 nitrogen and oxygen atoms in total. The van der Waals surface area contributed by atoms with Gasteiger partial charge < -0.3 is 5.32 Å². The van der Waals surface area contributed by atoms with Gasteiger partial charge in [-0.25, -0.2) is 0 Å². The summed E-state index contributed by atoms with van der Waals surface area (Å²) < 4.78 is 0. The Hall–Kier alpha value is 0.270. The zero-order chi connectivity index (χ0) is 8.81. The second-order valence-corrected chi connectivity index (χ2v) is 4.21. The van der Waals surface area contributed by atoms with E-state index in [9.17, 15) is 0 Å². The molecule has 0 aromatic heterocycles. The molecule has 1 aliphatic heterocycles. The molecule has 72 valence electrons. The lowest BCUT2D eigenvalue weighted by Crippen LogP contribution is -2.49. The summed E-state index contributed by atoms with van der Waals surface area (Å²) in [5.74, 6) is 1.29. The molecule has 1 fully saturated rings. The maximum Gasteiger partial charge on any atom is 0.0184 e. The van der Waals surface area contributed by atoms with Crippen molar-refractivity contribution >= 4 is 11.8 Å². The first-order chi connectivity index (χ1) is 5.88. The summed E-state index contributed by atoms with van der Waals surface area (Å²) in [5, 5.41) is 3.39. The largest absolute Gasteiger partial charge is 0.314 e. The van der Waals surface area contributed by atoms with Crippen LogP contribution in [0.4, 0.5) is 0 Å². The smallest absolute Gasteiger partial charge is 0.0184 e. The molecule has 0 aromatic carbocycles. The Bertz CT molecular complexity index is 110. The van der Waals surface area contributed by atoms with Crippen LogP contribution in [-0.2, 0) is 0 Å². The van der Waals surface area contributed by atoms with E-state index in [2.05, 4.69) is 23.4 Å². The number of thioether (sulfide) groups is 1. The quantitative estimate of drug-likeness (QED) is 0.709. The third kappa shape index (κ3) is 2.96. The molecule has 1 heterocycles. The van der Waals surface area contributed by atoms with Gasteiger partial charge in [0.2, 0.25) is 0 Å². The average Bonchev–Trinajstić information content (AvgIpc) is 2.15. The van der Waals surface area contributed by atoms with Gasteiger partial charge in [0.1, 0.15) is 0 Å². The Labute approximate surface area is 80.1 Å². The summed E-state index contributed by atoms with van der Waals surface area (Å²) in [6.07, 6.45) is 3.49. The van der Waals surface area contributed by atoms with E-state index in [0.717, 1.165) is 6.04 Å². The van der Waals surface area contributed by atoms with E-state index < -0.39 is 0 Å². The maximum atomic E-state index is 3.39. The fraction of sp³-hybridized carbons (Fsp3) is 1.00. The normalized spacial score (nSPS) is 22.5. The van der Waals surface area contributed by atoms with Gasteiger partial charge in [0.05, 0.1) is 0 Å². The van der Waals surface area contributed by atoms with E-state index in [0.29, 0.717) is 0 Å². The fourth-order valence-corrected chi connectivity index (χ4v) is 2.55. The number of nitrogens with one attached hydrogen (secondary N) is 1. The SMILES string of the molecule is CCC(CSC)N1CCNCC1. The highest BCUT2D eigenvalue weighted by Gasteiger charge is 2.17. The van der Waals surface area contributed by atoms with Gasteiger partial charge in [-0.15, -0.1) is 0 Å². The van der Waals surface area contributed by atoms with E-state index in [4.69, 9.17) is 0 Å². The van der Waals surface area contributed by atoms with Crippen LogP contribution in [-0.4, -0.2) is 49.1 Å². The summed E-state index contributed by atoms with van der Waals surface area (Å²) in [6, 6.07) is 0.807. The summed E-state index contributed by atoms with van der Waals surface area (Å²) in [6.45, 7) is 7.11. The van der Waals surface area contributed by atoms with Crippen molar-refractivity contribution in [3.63, 3.8) is 0 Å². The molecule has 0 bridgehead atoms.